The second-order valence-electron chi connectivity index (χ2n) is 11.5. The first-order valence-corrected chi connectivity index (χ1v) is 18.5. The lowest BCUT2D eigenvalue weighted by Crippen LogP contribution is -2.17. The van der Waals surface area contributed by atoms with Crippen molar-refractivity contribution in [1.29, 1.82) is 0 Å². The van der Waals surface area contributed by atoms with E-state index in [1.165, 1.54) is 18.2 Å². The molecule has 0 saturated carbocycles. The smallest absolute Gasteiger partial charge is 0.343 e. The van der Waals surface area contributed by atoms with Gasteiger partial charge in [0.2, 0.25) is 0 Å². The highest BCUT2D eigenvalue weighted by molar-refractivity contribution is 9.11. The van der Waals surface area contributed by atoms with E-state index in [1.807, 2.05) is 54.6 Å². The third-order valence-electron chi connectivity index (χ3n) is 7.93. The minimum absolute atomic E-state index is 0.0915. The average molecular weight is 906 g/mol. The highest BCUT2D eigenvalue weighted by Crippen LogP contribution is 2.34. The number of ether oxygens (including phenoxy) is 3. The zero-order valence-electron chi connectivity index (χ0n) is 27.8. The molecule has 0 radical (unpaired) electrons. The van der Waals surface area contributed by atoms with Crippen LogP contribution in [0, 0.1) is 0 Å². The molecule has 0 fully saturated rings. The number of pyridine rings is 3. The SMILES string of the molecule is O=C(Oc1ccc(-c2ccccn2)cc1Br)c1cc(C(=O)Oc2ccc(-c3ccccn3)cc2Br)cc(C(=O)Oc2ccc(-c3ccccn3)cc2Br)c1. The molecule has 0 saturated heterocycles. The predicted octanol–water partition coefficient (Wildman–Crippen LogP) is 10.8. The van der Waals surface area contributed by atoms with E-state index in [1.54, 1.807) is 73.2 Å². The van der Waals surface area contributed by atoms with Crippen LogP contribution >= 0.6 is 47.8 Å². The van der Waals surface area contributed by atoms with Crippen LogP contribution in [0.3, 0.4) is 0 Å². The number of rotatable bonds is 9. The molecule has 54 heavy (non-hydrogen) atoms. The van der Waals surface area contributed by atoms with Crippen molar-refractivity contribution in [1.82, 2.24) is 15.0 Å². The summed E-state index contributed by atoms with van der Waals surface area (Å²) in [7, 11) is 0. The van der Waals surface area contributed by atoms with Gasteiger partial charge in [-0.2, -0.15) is 0 Å². The Labute approximate surface area is 334 Å². The summed E-state index contributed by atoms with van der Waals surface area (Å²) >= 11 is 10.4. The first-order chi connectivity index (χ1) is 26.2. The Balaban J connectivity index is 1.18. The minimum Gasteiger partial charge on any atom is -0.422 e. The lowest BCUT2D eigenvalue weighted by Gasteiger charge is -2.13. The largest absolute Gasteiger partial charge is 0.422 e. The topological polar surface area (TPSA) is 118 Å². The van der Waals surface area contributed by atoms with Crippen LogP contribution < -0.4 is 14.2 Å². The van der Waals surface area contributed by atoms with E-state index in [2.05, 4.69) is 62.7 Å². The zero-order chi connectivity index (χ0) is 37.6. The van der Waals surface area contributed by atoms with Crippen molar-refractivity contribution < 1.29 is 28.6 Å². The summed E-state index contributed by atoms with van der Waals surface area (Å²) in [4.78, 5) is 54.0. The quantitative estimate of drug-likeness (QED) is 0.103. The standard InChI is InChI=1S/C42H24Br3N3O6/c43-31-22-25(34-7-1-4-16-46-34)10-13-37(31)52-40(49)28-19-29(41(50)53-38-14-11-26(23-32(38)44)35-8-2-5-17-47-35)21-30(20-28)42(51)54-39-15-12-27(24-33(39)45)36-9-3-6-18-48-36/h1-24H. The van der Waals surface area contributed by atoms with E-state index in [0.29, 0.717) is 13.4 Å². The fourth-order valence-electron chi connectivity index (χ4n) is 5.29. The van der Waals surface area contributed by atoms with Crippen LogP contribution in [-0.4, -0.2) is 32.9 Å². The van der Waals surface area contributed by atoms with Gasteiger partial charge in [0.25, 0.3) is 0 Å². The molecular formula is C42H24Br3N3O6. The summed E-state index contributed by atoms with van der Waals surface area (Å²) in [6, 6.07) is 36.0. The molecule has 0 aliphatic heterocycles. The predicted molar refractivity (Wildman–Crippen MR) is 213 cm³/mol. The molecule has 0 N–H and O–H groups in total. The number of aromatic nitrogens is 3. The van der Waals surface area contributed by atoms with E-state index in [4.69, 9.17) is 14.2 Å². The van der Waals surface area contributed by atoms with Gasteiger partial charge < -0.3 is 14.2 Å². The van der Waals surface area contributed by atoms with Gasteiger partial charge in [-0.15, -0.1) is 0 Å². The number of esters is 3. The van der Waals surface area contributed by atoms with Crippen molar-refractivity contribution >= 4 is 65.7 Å². The van der Waals surface area contributed by atoms with Crippen molar-refractivity contribution in [2.45, 2.75) is 0 Å². The molecule has 4 aromatic carbocycles. The van der Waals surface area contributed by atoms with Gasteiger partial charge in [-0.1, -0.05) is 18.2 Å². The highest BCUT2D eigenvalue weighted by atomic mass is 79.9. The van der Waals surface area contributed by atoms with Crippen LogP contribution in [0.4, 0.5) is 0 Å². The molecule has 7 rings (SSSR count). The molecule has 0 atom stereocenters. The van der Waals surface area contributed by atoms with Gasteiger partial charge in [0.05, 0.1) is 47.2 Å². The Hall–Kier alpha value is -5.82. The second-order valence-corrected chi connectivity index (χ2v) is 14.1. The maximum absolute atomic E-state index is 13.7. The zero-order valence-corrected chi connectivity index (χ0v) is 32.5. The van der Waals surface area contributed by atoms with Crippen LogP contribution in [0.1, 0.15) is 31.1 Å². The Bertz CT molecular complexity index is 2230. The number of nitrogens with zero attached hydrogens (tertiary/aromatic N) is 3. The average Bonchev–Trinajstić information content (AvgIpc) is 3.20. The second kappa shape index (κ2) is 16.5. The van der Waals surface area contributed by atoms with Crippen molar-refractivity contribution in [3.8, 4) is 51.0 Å². The van der Waals surface area contributed by atoms with Crippen LogP contribution in [0.15, 0.2) is 159 Å². The summed E-state index contributed by atoms with van der Waals surface area (Å²) in [6.45, 7) is 0. The third-order valence-corrected chi connectivity index (χ3v) is 9.78. The van der Waals surface area contributed by atoms with Crippen LogP contribution in [0.5, 0.6) is 17.2 Å². The van der Waals surface area contributed by atoms with Gasteiger partial charge in [-0.3, -0.25) is 15.0 Å². The lowest BCUT2D eigenvalue weighted by molar-refractivity contribution is 0.0733. The monoisotopic (exact) mass is 903 g/mol. The molecule has 0 amide bonds. The molecule has 0 aliphatic rings. The van der Waals surface area contributed by atoms with Gasteiger partial charge in [0.1, 0.15) is 17.2 Å². The molecule has 264 valence electrons. The molecule has 0 bridgehead atoms. The molecule has 0 spiro atoms. The molecule has 0 unspecified atom stereocenters. The lowest BCUT2D eigenvalue weighted by atomic mass is 10.1. The van der Waals surface area contributed by atoms with Crippen molar-refractivity contribution in [3.05, 3.63) is 176 Å². The summed E-state index contributed by atoms with van der Waals surface area (Å²) < 4.78 is 18.7. The van der Waals surface area contributed by atoms with Crippen LogP contribution in [0.2, 0.25) is 0 Å². The van der Waals surface area contributed by atoms with Crippen molar-refractivity contribution in [2.24, 2.45) is 0 Å². The van der Waals surface area contributed by atoms with Gasteiger partial charge in [0, 0.05) is 35.3 Å². The Kier molecular flexibility index (Phi) is 11.1. The molecule has 7 aromatic rings. The Morgan fingerprint density at radius 1 is 0.389 bits per heavy atom. The fraction of sp³-hybridized carbons (Fsp3) is 0. The first kappa shape index (κ1) is 36.5. The number of halogens is 3. The Morgan fingerprint density at radius 3 is 0.926 bits per heavy atom. The number of carbonyl (C=O) groups is 3. The van der Waals surface area contributed by atoms with Gasteiger partial charge in [0.15, 0.2) is 0 Å². The van der Waals surface area contributed by atoms with Crippen molar-refractivity contribution in [3.63, 3.8) is 0 Å². The summed E-state index contributed by atoms with van der Waals surface area (Å²) in [5.74, 6) is -1.84. The summed E-state index contributed by atoms with van der Waals surface area (Å²) in [6.07, 6.45) is 5.05. The van der Waals surface area contributed by atoms with Crippen LogP contribution in [0.25, 0.3) is 33.8 Å². The van der Waals surface area contributed by atoms with Gasteiger partial charge in [-0.25, -0.2) is 14.4 Å². The summed E-state index contributed by atoms with van der Waals surface area (Å²) in [5, 5.41) is 0. The molecule has 3 heterocycles. The van der Waals surface area contributed by atoms with Gasteiger partial charge in [-0.05, 0) is 157 Å². The van der Waals surface area contributed by atoms with Crippen LogP contribution in [-0.2, 0) is 0 Å². The maximum Gasteiger partial charge on any atom is 0.343 e. The van der Waals surface area contributed by atoms with E-state index in [-0.39, 0.29) is 33.9 Å². The van der Waals surface area contributed by atoms with Crippen molar-refractivity contribution in [2.75, 3.05) is 0 Å². The molecule has 3 aromatic heterocycles. The van der Waals surface area contributed by atoms with Gasteiger partial charge >= 0.3 is 17.9 Å². The number of hydrogen-bond acceptors (Lipinski definition) is 9. The summed E-state index contributed by atoms with van der Waals surface area (Å²) in [5.41, 5.74) is 4.34. The van der Waals surface area contributed by atoms with E-state index >= 15 is 0 Å². The number of carbonyl (C=O) groups excluding carboxylic acids is 3. The van der Waals surface area contributed by atoms with E-state index in [9.17, 15) is 14.4 Å². The fourth-order valence-corrected chi connectivity index (χ4v) is 6.67. The normalized spacial score (nSPS) is 10.7. The molecule has 0 aliphatic carbocycles. The molecular weight excluding hydrogens is 882 g/mol. The van der Waals surface area contributed by atoms with E-state index in [0.717, 1.165) is 33.8 Å². The molecule has 9 nitrogen and oxygen atoms in total. The third kappa shape index (κ3) is 8.52. The maximum atomic E-state index is 13.7. The first-order valence-electron chi connectivity index (χ1n) is 16.2. The minimum atomic E-state index is -0.827. The highest BCUT2D eigenvalue weighted by Gasteiger charge is 2.22. The number of hydrogen-bond donors (Lipinski definition) is 0. The Morgan fingerprint density at radius 2 is 0.685 bits per heavy atom. The molecule has 12 heteroatoms. The number of benzene rings is 4. The van der Waals surface area contributed by atoms with E-state index < -0.39 is 17.9 Å².